The van der Waals surface area contributed by atoms with E-state index in [9.17, 15) is 4.79 Å². The SMILES string of the molecule is O=C(c1cnc2ccccc2n1)N1CCCSCC1CN1CCOCC1. The van der Waals surface area contributed by atoms with Crippen molar-refractivity contribution in [3.8, 4) is 0 Å². The Labute approximate surface area is 157 Å². The summed E-state index contributed by atoms with van der Waals surface area (Å²) < 4.78 is 5.45. The van der Waals surface area contributed by atoms with Gasteiger partial charge in [0.2, 0.25) is 0 Å². The number of thioether (sulfide) groups is 1. The molecule has 0 N–H and O–H groups in total. The first kappa shape index (κ1) is 17.7. The lowest BCUT2D eigenvalue weighted by atomic mass is 10.2. The van der Waals surface area contributed by atoms with Gasteiger partial charge in [-0.05, 0) is 24.3 Å². The van der Waals surface area contributed by atoms with E-state index in [1.54, 1.807) is 6.20 Å². The van der Waals surface area contributed by atoms with E-state index in [4.69, 9.17) is 4.74 Å². The van der Waals surface area contributed by atoms with Gasteiger partial charge in [0.15, 0.2) is 0 Å². The molecule has 138 valence electrons. The molecule has 2 fully saturated rings. The van der Waals surface area contributed by atoms with Gasteiger partial charge in [-0.2, -0.15) is 11.8 Å². The smallest absolute Gasteiger partial charge is 0.274 e. The lowest BCUT2D eigenvalue weighted by Crippen LogP contribution is -2.50. The fourth-order valence-electron chi connectivity index (χ4n) is 3.54. The number of morpholine rings is 1. The summed E-state index contributed by atoms with van der Waals surface area (Å²) in [5, 5.41) is 0. The topological polar surface area (TPSA) is 58.6 Å². The van der Waals surface area contributed by atoms with Gasteiger partial charge in [0.25, 0.3) is 5.91 Å². The van der Waals surface area contributed by atoms with Crippen LogP contribution in [0.5, 0.6) is 0 Å². The zero-order chi connectivity index (χ0) is 17.8. The number of rotatable bonds is 3. The molecule has 1 aromatic carbocycles. The number of benzene rings is 1. The molecule has 0 radical (unpaired) electrons. The van der Waals surface area contributed by atoms with Gasteiger partial charge in [0.05, 0.1) is 36.5 Å². The minimum absolute atomic E-state index is 0.00372. The van der Waals surface area contributed by atoms with Gasteiger partial charge in [-0.1, -0.05) is 12.1 Å². The van der Waals surface area contributed by atoms with E-state index in [2.05, 4.69) is 14.9 Å². The van der Waals surface area contributed by atoms with Crippen molar-refractivity contribution >= 4 is 28.7 Å². The van der Waals surface area contributed by atoms with E-state index in [-0.39, 0.29) is 11.9 Å². The zero-order valence-electron chi connectivity index (χ0n) is 14.8. The Morgan fingerprint density at radius 2 is 2.00 bits per heavy atom. The van der Waals surface area contributed by atoms with Crippen LogP contribution in [0.4, 0.5) is 0 Å². The number of carbonyl (C=O) groups is 1. The fraction of sp³-hybridized carbons (Fsp3) is 0.526. The molecule has 0 saturated carbocycles. The van der Waals surface area contributed by atoms with Crippen LogP contribution in [-0.4, -0.2) is 82.6 Å². The van der Waals surface area contributed by atoms with Gasteiger partial charge in [-0.15, -0.1) is 0 Å². The van der Waals surface area contributed by atoms with Crippen molar-refractivity contribution in [2.24, 2.45) is 0 Å². The first-order valence-corrected chi connectivity index (χ1v) is 10.4. The highest BCUT2D eigenvalue weighted by Crippen LogP contribution is 2.20. The molecular weight excluding hydrogens is 348 g/mol. The lowest BCUT2D eigenvalue weighted by molar-refractivity contribution is 0.0244. The van der Waals surface area contributed by atoms with Crippen LogP contribution >= 0.6 is 11.8 Å². The Kier molecular flexibility index (Phi) is 5.67. The van der Waals surface area contributed by atoms with Gasteiger partial charge in [0, 0.05) is 31.9 Å². The highest BCUT2D eigenvalue weighted by molar-refractivity contribution is 7.99. The summed E-state index contributed by atoms with van der Waals surface area (Å²) in [6, 6.07) is 7.89. The van der Waals surface area contributed by atoms with Crippen LogP contribution in [0.2, 0.25) is 0 Å². The third-order valence-electron chi connectivity index (χ3n) is 4.94. The summed E-state index contributed by atoms with van der Waals surface area (Å²) in [7, 11) is 0. The molecule has 1 atom stereocenters. The minimum Gasteiger partial charge on any atom is -0.379 e. The molecule has 6 nitrogen and oxygen atoms in total. The quantitative estimate of drug-likeness (QED) is 0.820. The number of amides is 1. The average Bonchev–Trinajstić information content (AvgIpc) is 2.93. The van der Waals surface area contributed by atoms with Crippen molar-refractivity contribution in [2.45, 2.75) is 12.5 Å². The number of fused-ring (bicyclic) bond motifs is 1. The fourth-order valence-corrected chi connectivity index (χ4v) is 4.59. The van der Waals surface area contributed by atoms with Gasteiger partial charge < -0.3 is 9.64 Å². The third-order valence-corrected chi connectivity index (χ3v) is 6.14. The third kappa shape index (κ3) is 4.00. The summed E-state index contributed by atoms with van der Waals surface area (Å²) in [6.07, 6.45) is 2.64. The second-order valence-electron chi connectivity index (χ2n) is 6.74. The molecular formula is C19H24N4O2S. The first-order valence-electron chi connectivity index (χ1n) is 9.22. The number of aromatic nitrogens is 2. The van der Waals surface area contributed by atoms with Crippen molar-refractivity contribution in [3.05, 3.63) is 36.2 Å². The van der Waals surface area contributed by atoms with Crippen molar-refractivity contribution in [1.82, 2.24) is 19.8 Å². The van der Waals surface area contributed by atoms with Crippen LogP contribution in [0.3, 0.4) is 0 Å². The molecule has 26 heavy (non-hydrogen) atoms. The Bertz CT molecular complexity index is 766. The van der Waals surface area contributed by atoms with Crippen molar-refractivity contribution < 1.29 is 9.53 Å². The van der Waals surface area contributed by atoms with Gasteiger partial charge in [-0.3, -0.25) is 14.7 Å². The summed E-state index contributed by atoms with van der Waals surface area (Å²) in [5.41, 5.74) is 2.04. The van der Waals surface area contributed by atoms with E-state index in [1.165, 1.54) is 0 Å². The van der Waals surface area contributed by atoms with Crippen molar-refractivity contribution in [3.63, 3.8) is 0 Å². The largest absolute Gasteiger partial charge is 0.379 e. The Balaban J connectivity index is 1.55. The highest BCUT2D eigenvalue weighted by Gasteiger charge is 2.29. The van der Waals surface area contributed by atoms with Crippen LogP contribution in [0.25, 0.3) is 11.0 Å². The predicted molar refractivity (Wildman–Crippen MR) is 104 cm³/mol. The van der Waals surface area contributed by atoms with E-state index < -0.39 is 0 Å². The average molecular weight is 372 g/mol. The monoisotopic (exact) mass is 372 g/mol. The number of nitrogens with zero attached hydrogens (tertiary/aromatic N) is 4. The Hall–Kier alpha value is -1.70. The highest BCUT2D eigenvalue weighted by atomic mass is 32.2. The molecule has 0 bridgehead atoms. The lowest BCUT2D eigenvalue weighted by Gasteiger charge is -2.35. The number of ether oxygens (including phenoxy) is 1. The van der Waals surface area contributed by atoms with E-state index in [0.29, 0.717) is 5.69 Å². The van der Waals surface area contributed by atoms with E-state index in [1.807, 2.05) is 40.9 Å². The molecule has 2 saturated heterocycles. The molecule has 3 heterocycles. The molecule has 7 heteroatoms. The Morgan fingerprint density at radius 1 is 1.19 bits per heavy atom. The molecule has 1 aromatic heterocycles. The Morgan fingerprint density at radius 3 is 2.85 bits per heavy atom. The standard InChI is InChI=1S/C19H24N4O2S/c24-19(18-12-20-16-4-1-2-5-17(16)21-18)23-6-3-11-26-14-15(23)13-22-7-9-25-10-8-22/h1-2,4-5,12,15H,3,6-11,13-14H2. The van der Waals surface area contributed by atoms with Crippen LogP contribution in [0.15, 0.2) is 30.5 Å². The normalized spacial score (nSPS) is 22.3. The summed E-state index contributed by atoms with van der Waals surface area (Å²) >= 11 is 1.94. The van der Waals surface area contributed by atoms with Crippen LogP contribution in [0, 0.1) is 0 Å². The summed E-state index contributed by atoms with van der Waals surface area (Å²) in [5.74, 6) is 2.08. The summed E-state index contributed by atoms with van der Waals surface area (Å²) in [4.78, 5) is 26.6. The predicted octanol–water partition coefficient (Wildman–Crippen LogP) is 1.91. The molecule has 2 aliphatic heterocycles. The zero-order valence-corrected chi connectivity index (χ0v) is 15.7. The number of hydrogen-bond donors (Lipinski definition) is 0. The molecule has 2 aromatic rings. The van der Waals surface area contributed by atoms with Crippen LogP contribution in [0.1, 0.15) is 16.9 Å². The minimum atomic E-state index is 0.00372. The second-order valence-corrected chi connectivity index (χ2v) is 7.89. The number of para-hydroxylation sites is 2. The summed E-state index contributed by atoms with van der Waals surface area (Å²) in [6.45, 7) is 5.14. The van der Waals surface area contributed by atoms with Crippen LogP contribution in [-0.2, 0) is 4.74 Å². The van der Waals surface area contributed by atoms with Gasteiger partial charge in [-0.25, -0.2) is 4.98 Å². The van der Waals surface area contributed by atoms with Gasteiger partial charge >= 0.3 is 0 Å². The van der Waals surface area contributed by atoms with Crippen molar-refractivity contribution in [1.29, 1.82) is 0 Å². The maximum Gasteiger partial charge on any atom is 0.274 e. The van der Waals surface area contributed by atoms with Crippen molar-refractivity contribution in [2.75, 3.05) is 50.9 Å². The maximum atomic E-state index is 13.2. The maximum absolute atomic E-state index is 13.2. The number of hydrogen-bond acceptors (Lipinski definition) is 6. The van der Waals surface area contributed by atoms with Gasteiger partial charge in [0.1, 0.15) is 5.69 Å². The molecule has 0 aliphatic carbocycles. The molecule has 1 amide bonds. The number of carbonyl (C=O) groups excluding carboxylic acids is 1. The second kappa shape index (κ2) is 8.33. The molecule has 1 unspecified atom stereocenters. The molecule has 4 rings (SSSR count). The molecule has 0 spiro atoms. The molecule has 2 aliphatic rings. The van der Waals surface area contributed by atoms with E-state index >= 15 is 0 Å². The van der Waals surface area contributed by atoms with Crippen LogP contribution < -0.4 is 0 Å². The first-order chi connectivity index (χ1) is 12.8. The van der Waals surface area contributed by atoms with E-state index in [0.717, 1.165) is 68.4 Å².